The number of imide groups is 1. The first kappa shape index (κ1) is 55.4. The first-order chi connectivity index (χ1) is 32.3. The molecular weight excluding hydrogens is 873 g/mol. The molecule has 0 spiro atoms. The second kappa shape index (κ2) is 26.6. The topological polar surface area (TPSA) is 212 Å². The Hall–Kier alpha value is -5.16. The molecule has 0 bridgehead atoms. The maximum atomic E-state index is 14.8. The number of likely N-dealkylation sites (N-methyl/N-ethyl adjacent to an activating group) is 2. The van der Waals surface area contributed by atoms with Crippen molar-refractivity contribution in [1.29, 1.82) is 0 Å². The average Bonchev–Trinajstić information content (AvgIpc) is 3.93. The van der Waals surface area contributed by atoms with Gasteiger partial charge in [-0.25, -0.2) is 4.79 Å². The van der Waals surface area contributed by atoms with Crippen molar-refractivity contribution in [3.63, 3.8) is 0 Å². The molecule has 2 aliphatic heterocycles. The van der Waals surface area contributed by atoms with Crippen LogP contribution >= 0.6 is 0 Å². The van der Waals surface area contributed by atoms with Crippen LogP contribution in [0.3, 0.4) is 0 Å². The highest BCUT2D eigenvalue weighted by Crippen LogP contribution is 2.34. The Morgan fingerprint density at radius 3 is 2.00 bits per heavy atom. The molecule has 3 N–H and O–H groups in total. The average molecular weight is 951 g/mol. The number of carboxylic acids is 1. The van der Waals surface area contributed by atoms with Gasteiger partial charge in [-0.05, 0) is 61.8 Å². The minimum absolute atomic E-state index is 0.0157. The number of nitrogens with zero attached hydrogens (tertiary/aromatic N) is 4. The maximum Gasteiger partial charge on any atom is 0.326 e. The third-order valence-corrected chi connectivity index (χ3v) is 14.2. The molecular formula is C51H78N6O11. The minimum Gasteiger partial charge on any atom is -0.480 e. The van der Waals surface area contributed by atoms with E-state index in [4.69, 9.17) is 9.47 Å². The predicted octanol–water partition coefficient (Wildman–Crippen LogP) is 4.36. The Morgan fingerprint density at radius 2 is 1.43 bits per heavy atom. The van der Waals surface area contributed by atoms with E-state index in [9.17, 15) is 43.5 Å². The summed E-state index contributed by atoms with van der Waals surface area (Å²) in [5, 5.41) is 15.7. The highest BCUT2D eigenvalue weighted by atomic mass is 16.5. The summed E-state index contributed by atoms with van der Waals surface area (Å²) in [7, 11) is 6.33. The molecule has 2 heterocycles. The number of likely N-dealkylation sites (tertiary alicyclic amines) is 1. The summed E-state index contributed by atoms with van der Waals surface area (Å²) in [6.45, 7) is 9.79. The monoisotopic (exact) mass is 951 g/mol. The van der Waals surface area contributed by atoms with E-state index in [1.807, 2.05) is 45.9 Å². The number of hydrogen-bond acceptors (Lipinski definition) is 10. The third kappa shape index (κ3) is 14.7. The fourth-order valence-electron chi connectivity index (χ4n) is 10.4. The summed E-state index contributed by atoms with van der Waals surface area (Å²) in [6, 6.07) is 5.11. The number of amides is 7. The van der Waals surface area contributed by atoms with Crippen LogP contribution in [0.2, 0.25) is 0 Å². The molecule has 1 aliphatic carbocycles. The van der Waals surface area contributed by atoms with Gasteiger partial charge in [-0.2, -0.15) is 0 Å². The van der Waals surface area contributed by atoms with Gasteiger partial charge in [0.25, 0.3) is 11.8 Å². The summed E-state index contributed by atoms with van der Waals surface area (Å²) in [6.07, 6.45) is 8.84. The van der Waals surface area contributed by atoms with E-state index in [1.165, 1.54) is 29.1 Å². The molecule has 3 aliphatic rings. The zero-order chi connectivity index (χ0) is 50.2. The number of aliphatic carboxylic acids is 1. The minimum atomic E-state index is -1.16. The molecule has 2 fully saturated rings. The van der Waals surface area contributed by atoms with Crippen molar-refractivity contribution < 1.29 is 52.9 Å². The summed E-state index contributed by atoms with van der Waals surface area (Å²) in [4.78, 5) is 112. The second-order valence-electron chi connectivity index (χ2n) is 19.6. The summed E-state index contributed by atoms with van der Waals surface area (Å²) < 4.78 is 12.1. The Labute approximate surface area is 403 Å². The zero-order valence-corrected chi connectivity index (χ0v) is 41.8. The van der Waals surface area contributed by atoms with Gasteiger partial charge in [-0.3, -0.25) is 38.5 Å². The van der Waals surface area contributed by atoms with Crippen molar-refractivity contribution in [3.05, 3.63) is 48.0 Å². The lowest BCUT2D eigenvalue weighted by Gasteiger charge is -2.43. The Bertz CT molecular complexity index is 1900. The molecule has 17 nitrogen and oxygen atoms in total. The van der Waals surface area contributed by atoms with E-state index in [0.717, 1.165) is 37.7 Å². The van der Waals surface area contributed by atoms with Crippen LogP contribution in [0.25, 0.3) is 0 Å². The van der Waals surface area contributed by atoms with Crippen LogP contribution in [-0.4, -0.2) is 156 Å². The smallest absolute Gasteiger partial charge is 0.326 e. The van der Waals surface area contributed by atoms with Crippen molar-refractivity contribution in [1.82, 2.24) is 30.2 Å². The summed E-state index contributed by atoms with van der Waals surface area (Å²) in [5.41, 5.74) is 0.768. The highest BCUT2D eigenvalue weighted by molar-refractivity contribution is 6.12. The predicted molar refractivity (Wildman–Crippen MR) is 255 cm³/mol. The quantitative estimate of drug-likeness (QED) is 0.0877. The number of ether oxygens (including phenoxy) is 2. The zero-order valence-electron chi connectivity index (χ0n) is 41.8. The number of rotatable bonds is 26. The van der Waals surface area contributed by atoms with Gasteiger partial charge in [0.05, 0.1) is 36.6 Å². The third-order valence-electron chi connectivity index (χ3n) is 14.2. The summed E-state index contributed by atoms with van der Waals surface area (Å²) >= 11 is 0. The molecule has 1 aromatic rings. The number of nitrogens with one attached hydrogen (secondary N) is 2. The van der Waals surface area contributed by atoms with Gasteiger partial charge in [0.2, 0.25) is 29.5 Å². The first-order valence-electron chi connectivity index (χ1n) is 24.6. The van der Waals surface area contributed by atoms with Crippen LogP contribution in [0.15, 0.2) is 42.5 Å². The molecule has 4 rings (SSSR count). The van der Waals surface area contributed by atoms with Crippen LogP contribution in [0.4, 0.5) is 0 Å². The van der Waals surface area contributed by atoms with Crippen LogP contribution in [0, 0.1) is 23.7 Å². The van der Waals surface area contributed by atoms with Crippen LogP contribution in [0.1, 0.15) is 117 Å². The molecule has 378 valence electrons. The van der Waals surface area contributed by atoms with Gasteiger partial charge in [-0.1, -0.05) is 90.6 Å². The van der Waals surface area contributed by atoms with E-state index in [1.54, 1.807) is 50.1 Å². The molecule has 8 atom stereocenters. The molecule has 68 heavy (non-hydrogen) atoms. The Morgan fingerprint density at radius 1 is 0.779 bits per heavy atom. The number of hydrogen-bond donors (Lipinski definition) is 3. The van der Waals surface area contributed by atoms with E-state index in [-0.39, 0.29) is 73.1 Å². The van der Waals surface area contributed by atoms with Gasteiger partial charge in [0.1, 0.15) is 18.1 Å². The van der Waals surface area contributed by atoms with Crippen molar-refractivity contribution in [2.75, 3.05) is 41.4 Å². The lowest BCUT2D eigenvalue weighted by Crippen LogP contribution is -2.60. The van der Waals surface area contributed by atoms with Crippen LogP contribution < -0.4 is 10.6 Å². The fraction of sp³-hybridized carbons (Fsp3) is 0.686. The van der Waals surface area contributed by atoms with Gasteiger partial charge < -0.3 is 39.9 Å². The highest BCUT2D eigenvalue weighted by Gasteiger charge is 2.44. The lowest BCUT2D eigenvalue weighted by atomic mass is 9.80. The standard InChI is InChI=1S/C51H78N6O11/c1-32(2)44(53-49(63)45(33(3)4)54(6)40(58)25-17-12-18-28-57-41(59)26-27-42(57)60)50(64)55(7)46(36-22-15-11-16-23-36)39(67-8)31-43(61)56-29-19-24-38(56)47(68-9)34(5)48(62)52-37(51(65)66)30-35-20-13-10-14-21-35/h10,13-14,20-21,26-27,32-34,36-39,44-47H,11-12,15-19,22-25,28-31H2,1-9H3,(H,52,62)(H,53,63)(H,65,66)/t34-,37+,38+,39-,44+,45+,46+,47-/m1/s1. The number of methoxy groups -OCH3 is 2. The fourth-order valence-corrected chi connectivity index (χ4v) is 10.4. The van der Waals surface area contributed by atoms with Gasteiger partial charge in [0.15, 0.2) is 0 Å². The van der Waals surface area contributed by atoms with E-state index in [0.29, 0.717) is 38.6 Å². The van der Waals surface area contributed by atoms with Gasteiger partial charge in [-0.15, -0.1) is 0 Å². The van der Waals surface area contributed by atoms with E-state index in [2.05, 4.69) is 10.6 Å². The van der Waals surface area contributed by atoms with Crippen molar-refractivity contribution in [3.8, 4) is 0 Å². The molecule has 1 saturated heterocycles. The normalized spacial score (nSPS) is 19.6. The van der Waals surface area contributed by atoms with Gasteiger partial charge >= 0.3 is 5.97 Å². The molecule has 1 aromatic carbocycles. The molecule has 0 radical (unpaired) electrons. The molecule has 0 unspecified atom stereocenters. The van der Waals surface area contributed by atoms with Gasteiger partial charge in [0, 0.05) is 66.4 Å². The SMILES string of the molecule is CO[C@H]([C@@H](C)C(=O)N[C@@H](Cc1ccccc1)C(=O)O)[C@@H]1CCCN1C(=O)C[C@@H](OC)[C@H](C1CCCCC1)N(C)C(=O)[C@@H](NC(=O)[C@H](C(C)C)N(C)C(=O)CCCCCN1C(=O)C=CC1=O)C(C)C. The first-order valence-corrected chi connectivity index (χ1v) is 24.6. The van der Waals surface area contributed by atoms with Crippen molar-refractivity contribution >= 4 is 47.3 Å². The lowest BCUT2D eigenvalue weighted by molar-refractivity contribution is -0.149. The second-order valence-corrected chi connectivity index (χ2v) is 19.6. The molecule has 1 saturated carbocycles. The molecule has 17 heteroatoms. The Balaban J connectivity index is 1.45. The maximum absolute atomic E-state index is 14.8. The largest absolute Gasteiger partial charge is 0.480 e. The van der Waals surface area contributed by atoms with E-state index < -0.39 is 66.1 Å². The van der Waals surface area contributed by atoms with Crippen molar-refractivity contribution in [2.24, 2.45) is 23.7 Å². The number of unbranched alkanes of at least 4 members (excludes halogenated alkanes) is 2. The van der Waals surface area contributed by atoms with Crippen LogP contribution in [0.5, 0.6) is 0 Å². The number of carboxylic acid groups (broad SMARTS) is 1. The molecule has 7 amide bonds. The number of benzene rings is 1. The number of carbonyl (C=O) groups excluding carboxylic acids is 7. The summed E-state index contributed by atoms with van der Waals surface area (Å²) in [5.74, 6) is -4.94. The number of carbonyl (C=O) groups is 8. The molecule has 0 aromatic heterocycles. The van der Waals surface area contributed by atoms with Crippen LogP contribution in [-0.2, 0) is 54.3 Å². The van der Waals surface area contributed by atoms with E-state index >= 15 is 0 Å². The Kier molecular flexibility index (Phi) is 21.7. The van der Waals surface area contributed by atoms with Crippen molar-refractivity contribution in [2.45, 2.75) is 161 Å².